The number of ketones is 1. The lowest BCUT2D eigenvalue weighted by molar-refractivity contribution is 0.0788. The minimum absolute atomic E-state index is 0.237. The maximum Gasteiger partial charge on any atom is 0.174 e. The molecule has 118 valence electrons. The number of fused-ring (bicyclic) bond motifs is 3. The number of carbonyl (C=O) groups excluding carboxylic acids is 1. The molecule has 0 aliphatic carbocycles. The molecule has 2 nitrogen and oxygen atoms in total. The van der Waals surface area contributed by atoms with Crippen LogP contribution in [0.15, 0.2) is 52.3 Å². The minimum atomic E-state index is -0.411. The number of hydrogen-bond donors (Lipinski definition) is 0. The Morgan fingerprint density at radius 3 is 2.61 bits per heavy atom. The van der Waals surface area contributed by atoms with E-state index in [2.05, 4.69) is 36.2 Å². The largest absolute Gasteiger partial charge is 0.306 e. The smallest absolute Gasteiger partial charge is 0.174 e. The molecule has 23 heavy (non-hydrogen) atoms. The molecule has 2 aromatic carbocycles. The molecule has 0 amide bonds. The molecule has 4 rings (SSSR count). The van der Waals surface area contributed by atoms with Gasteiger partial charge < -0.3 is 4.90 Å². The molecule has 2 heterocycles. The van der Waals surface area contributed by atoms with E-state index in [1.807, 2.05) is 18.2 Å². The van der Waals surface area contributed by atoms with E-state index in [-0.39, 0.29) is 5.78 Å². The molecule has 2 aliphatic rings. The summed E-state index contributed by atoms with van der Waals surface area (Å²) in [4.78, 5) is 18.1. The predicted molar refractivity (Wildman–Crippen MR) is 94.8 cm³/mol. The van der Waals surface area contributed by atoms with Gasteiger partial charge in [-0.2, -0.15) is 0 Å². The third-order valence-corrected chi connectivity index (χ3v) is 6.47. The zero-order valence-corrected chi connectivity index (χ0v) is 14.6. The first-order valence-electron chi connectivity index (χ1n) is 7.90. The van der Waals surface area contributed by atoms with Crippen LogP contribution in [0.2, 0.25) is 5.02 Å². The lowest BCUT2D eigenvalue weighted by Gasteiger charge is -2.40. The Kier molecular flexibility index (Phi) is 3.75. The van der Waals surface area contributed by atoms with Gasteiger partial charge in [0, 0.05) is 20.4 Å². The quantitative estimate of drug-likeness (QED) is 0.694. The van der Waals surface area contributed by atoms with E-state index >= 15 is 0 Å². The van der Waals surface area contributed by atoms with Crippen LogP contribution in [-0.2, 0) is 5.41 Å². The monoisotopic (exact) mass is 343 g/mol. The highest BCUT2D eigenvalue weighted by Gasteiger charge is 2.46. The molecule has 1 fully saturated rings. The van der Waals surface area contributed by atoms with E-state index in [1.54, 1.807) is 11.8 Å². The summed E-state index contributed by atoms with van der Waals surface area (Å²) in [5.41, 5.74) is 1.56. The number of nitrogens with zero attached hydrogens (tertiary/aromatic N) is 1. The summed E-state index contributed by atoms with van der Waals surface area (Å²) in [5, 5.41) is 0.631. The number of carbonyl (C=O) groups is 1. The van der Waals surface area contributed by atoms with Crippen LogP contribution in [0.1, 0.15) is 28.8 Å². The van der Waals surface area contributed by atoms with Crippen LogP contribution in [0.5, 0.6) is 0 Å². The molecule has 2 aliphatic heterocycles. The standard InChI is InChI=1S/C19H18ClNOS/c1-21-10-8-19(9-11-21)15-4-2-3-5-17(15)23-16-7-6-13(20)12-14(16)18(19)22/h2-7,12H,8-11H2,1H3. The van der Waals surface area contributed by atoms with Gasteiger partial charge in [0.1, 0.15) is 0 Å². The number of halogens is 1. The van der Waals surface area contributed by atoms with Crippen LogP contribution in [-0.4, -0.2) is 30.8 Å². The van der Waals surface area contributed by atoms with Crippen molar-refractivity contribution in [3.05, 3.63) is 58.6 Å². The fourth-order valence-electron chi connectivity index (χ4n) is 3.71. The van der Waals surface area contributed by atoms with Gasteiger partial charge in [-0.25, -0.2) is 0 Å². The van der Waals surface area contributed by atoms with E-state index in [0.29, 0.717) is 5.02 Å². The summed E-state index contributed by atoms with van der Waals surface area (Å²) < 4.78 is 0. The van der Waals surface area contributed by atoms with Crippen molar-refractivity contribution in [2.75, 3.05) is 20.1 Å². The molecule has 1 saturated heterocycles. The summed E-state index contributed by atoms with van der Waals surface area (Å²) in [7, 11) is 2.12. The number of hydrogen-bond acceptors (Lipinski definition) is 3. The SMILES string of the molecule is CN1CCC2(CC1)C(=O)c1cc(Cl)ccc1Sc1ccccc12. The molecule has 0 atom stereocenters. The van der Waals surface area contributed by atoms with Crippen molar-refractivity contribution in [2.24, 2.45) is 0 Å². The molecule has 0 N–H and O–H groups in total. The van der Waals surface area contributed by atoms with Crippen LogP contribution >= 0.6 is 23.4 Å². The molecule has 0 aromatic heterocycles. The molecule has 0 unspecified atom stereocenters. The summed E-state index contributed by atoms with van der Waals surface area (Å²) in [6.07, 6.45) is 1.73. The third kappa shape index (κ3) is 2.42. The Balaban J connectivity index is 1.95. The van der Waals surface area contributed by atoms with Crippen LogP contribution in [0.4, 0.5) is 0 Å². The molecular weight excluding hydrogens is 326 g/mol. The predicted octanol–water partition coefficient (Wildman–Crippen LogP) is 4.65. The second kappa shape index (κ2) is 5.66. The molecule has 0 bridgehead atoms. The van der Waals surface area contributed by atoms with Crippen molar-refractivity contribution < 1.29 is 4.79 Å². The van der Waals surface area contributed by atoms with Gasteiger partial charge in [0.25, 0.3) is 0 Å². The van der Waals surface area contributed by atoms with Crippen LogP contribution in [0.3, 0.4) is 0 Å². The molecule has 0 radical (unpaired) electrons. The third-order valence-electron chi connectivity index (χ3n) is 5.08. The van der Waals surface area contributed by atoms with Gasteiger partial charge >= 0.3 is 0 Å². The van der Waals surface area contributed by atoms with E-state index in [4.69, 9.17) is 11.6 Å². The zero-order valence-electron chi connectivity index (χ0n) is 13.0. The van der Waals surface area contributed by atoms with Crippen LogP contribution in [0, 0.1) is 0 Å². The first-order valence-corrected chi connectivity index (χ1v) is 9.10. The second-order valence-electron chi connectivity index (χ2n) is 6.45. The summed E-state index contributed by atoms with van der Waals surface area (Å²) in [6.45, 7) is 1.89. The van der Waals surface area contributed by atoms with Gasteiger partial charge in [0.05, 0.1) is 5.41 Å². The van der Waals surface area contributed by atoms with Gasteiger partial charge in [0.15, 0.2) is 5.78 Å². The van der Waals surface area contributed by atoms with Gasteiger partial charge in [-0.3, -0.25) is 4.79 Å². The summed E-state index contributed by atoms with van der Waals surface area (Å²) >= 11 is 7.88. The number of rotatable bonds is 0. The molecule has 4 heteroatoms. The Labute approximate surface area is 145 Å². The molecule has 2 aromatic rings. The van der Waals surface area contributed by atoms with Crippen molar-refractivity contribution in [3.8, 4) is 0 Å². The Bertz CT molecular complexity index is 781. The van der Waals surface area contributed by atoms with Gasteiger partial charge in [-0.1, -0.05) is 41.6 Å². The van der Waals surface area contributed by atoms with Crippen molar-refractivity contribution >= 4 is 29.1 Å². The van der Waals surface area contributed by atoms with E-state index < -0.39 is 5.41 Å². The summed E-state index contributed by atoms with van der Waals surface area (Å²) in [6, 6.07) is 14.1. The van der Waals surface area contributed by atoms with Crippen LogP contribution < -0.4 is 0 Å². The van der Waals surface area contributed by atoms with E-state index in [1.165, 1.54) is 10.5 Å². The topological polar surface area (TPSA) is 20.3 Å². The first kappa shape index (κ1) is 15.3. The van der Waals surface area contributed by atoms with Crippen LogP contribution in [0.25, 0.3) is 0 Å². The highest BCUT2D eigenvalue weighted by molar-refractivity contribution is 7.99. The highest BCUT2D eigenvalue weighted by atomic mass is 35.5. The van der Waals surface area contributed by atoms with Crippen molar-refractivity contribution in [3.63, 3.8) is 0 Å². The molecule has 1 spiro atoms. The molecule has 0 saturated carbocycles. The Morgan fingerprint density at radius 1 is 1.09 bits per heavy atom. The fourth-order valence-corrected chi connectivity index (χ4v) is 5.04. The van der Waals surface area contributed by atoms with Crippen molar-refractivity contribution in [2.45, 2.75) is 28.0 Å². The van der Waals surface area contributed by atoms with E-state index in [9.17, 15) is 4.79 Å². The number of benzene rings is 2. The van der Waals surface area contributed by atoms with E-state index in [0.717, 1.165) is 36.4 Å². The van der Waals surface area contributed by atoms with Gasteiger partial charge in [-0.05, 0) is 62.8 Å². The Morgan fingerprint density at radius 2 is 1.83 bits per heavy atom. The van der Waals surface area contributed by atoms with Gasteiger partial charge in [0.2, 0.25) is 0 Å². The lowest BCUT2D eigenvalue weighted by atomic mass is 9.68. The first-order chi connectivity index (χ1) is 11.1. The fraction of sp³-hybridized carbons (Fsp3) is 0.316. The number of likely N-dealkylation sites (tertiary alicyclic amines) is 1. The summed E-state index contributed by atoms with van der Waals surface area (Å²) in [5.74, 6) is 0.237. The Hall–Kier alpha value is -1.29. The van der Waals surface area contributed by atoms with Crippen molar-refractivity contribution in [1.82, 2.24) is 4.90 Å². The minimum Gasteiger partial charge on any atom is -0.306 e. The van der Waals surface area contributed by atoms with Gasteiger partial charge in [-0.15, -0.1) is 0 Å². The normalized spacial score (nSPS) is 20.0. The molecular formula is C19H18ClNOS. The second-order valence-corrected chi connectivity index (χ2v) is 7.97. The average Bonchev–Trinajstić information content (AvgIpc) is 2.66. The highest BCUT2D eigenvalue weighted by Crippen LogP contribution is 2.49. The van der Waals surface area contributed by atoms with Crippen molar-refractivity contribution in [1.29, 1.82) is 0 Å². The maximum absolute atomic E-state index is 13.5. The zero-order chi connectivity index (χ0) is 16.0. The number of Topliss-reactive ketones (excluding diaryl/α,β-unsaturated/α-hetero) is 1. The lowest BCUT2D eigenvalue weighted by Crippen LogP contribution is -2.46. The maximum atomic E-state index is 13.5. The average molecular weight is 344 g/mol. The number of piperidine rings is 1.